The number of carbonyl (C=O) groups is 2. The lowest BCUT2D eigenvalue weighted by Gasteiger charge is -2.47. The summed E-state index contributed by atoms with van der Waals surface area (Å²) in [5, 5.41) is 0. The summed E-state index contributed by atoms with van der Waals surface area (Å²) in [6, 6.07) is 38.9. The maximum Gasteiger partial charge on any atom is 0.322 e. The number of hydrogen-bond donors (Lipinski definition) is 0. The van der Waals surface area contributed by atoms with Gasteiger partial charge in [0.05, 0.1) is 47.3 Å². The minimum atomic E-state index is -1.46. The maximum atomic E-state index is 13.3. The van der Waals surface area contributed by atoms with E-state index in [2.05, 4.69) is 0 Å². The molecule has 9 heteroatoms. The van der Waals surface area contributed by atoms with Crippen LogP contribution in [-0.4, -0.2) is 63.3 Å². The van der Waals surface area contributed by atoms with Crippen molar-refractivity contribution in [1.29, 1.82) is 0 Å². The zero-order chi connectivity index (χ0) is 33.6. The van der Waals surface area contributed by atoms with Gasteiger partial charge in [-0.1, -0.05) is 121 Å². The van der Waals surface area contributed by atoms with Crippen LogP contribution in [0, 0.1) is 5.92 Å². The highest BCUT2D eigenvalue weighted by Crippen LogP contribution is 2.35. The topological polar surface area (TPSA) is 98.8 Å². The van der Waals surface area contributed by atoms with Crippen molar-refractivity contribution in [3.05, 3.63) is 144 Å². The third kappa shape index (κ3) is 9.59. The molecule has 0 N–H and O–H groups in total. The monoisotopic (exact) mass is 654 g/mol. The molecule has 0 aromatic heterocycles. The van der Waals surface area contributed by atoms with E-state index in [0.29, 0.717) is 6.61 Å². The molecule has 1 fully saturated rings. The van der Waals surface area contributed by atoms with Gasteiger partial charge in [-0.15, -0.1) is 0 Å². The number of rotatable bonds is 16. The summed E-state index contributed by atoms with van der Waals surface area (Å²) < 4.78 is 42.9. The molecule has 1 saturated heterocycles. The van der Waals surface area contributed by atoms with Crippen molar-refractivity contribution in [1.82, 2.24) is 0 Å². The number of benzene rings is 4. The predicted molar refractivity (Wildman–Crippen MR) is 177 cm³/mol. The SMILES string of the molecule is COC(=O)C(C(=O)OC)[C@H]1O[C@H](COCc2ccccc2)[C@H](OCc2ccccc2)[C@H](OCc2ccccc2)[C@H]1OCc1ccccc1. The first kappa shape index (κ1) is 34.9. The van der Waals surface area contributed by atoms with Gasteiger partial charge < -0.3 is 33.2 Å². The fourth-order valence-electron chi connectivity index (χ4n) is 5.71. The van der Waals surface area contributed by atoms with Gasteiger partial charge in [-0.3, -0.25) is 9.59 Å². The molecule has 1 heterocycles. The molecular weight excluding hydrogens is 612 g/mol. The fraction of sp³-hybridized carbons (Fsp3) is 0.333. The van der Waals surface area contributed by atoms with Gasteiger partial charge >= 0.3 is 11.9 Å². The molecule has 0 spiro atoms. The number of ether oxygens (including phenoxy) is 7. The lowest BCUT2D eigenvalue weighted by molar-refractivity contribution is -0.281. The Balaban J connectivity index is 1.53. The number of hydrogen-bond acceptors (Lipinski definition) is 9. The minimum Gasteiger partial charge on any atom is -0.468 e. The zero-order valence-corrected chi connectivity index (χ0v) is 27.2. The van der Waals surface area contributed by atoms with E-state index in [1.165, 1.54) is 14.2 Å². The molecular formula is C39H42O9. The van der Waals surface area contributed by atoms with E-state index in [0.717, 1.165) is 22.3 Å². The molecule has 4 aromatic rings. The van der Waals surface area contributed by atoms with Gasteiger partial charge in [-0.05, 0) is 22.3 Å². The maximum absolute atomic E-state index is 13.3. The van der Waals surface area contributed by atoms with Crippen LogP contribution in [0.2, 0.25) is 0 Å². The quantitative estimate of drug-likeness (QED) is 0.112. The molecule has 0 unspecified atom stereocenters. The summed E-state index contributed by atoms with van der Waals surface area (Å²) in [6.07, 6.45) is -4.41. The van der Waals surface area contributed by atoms with E-state index in [4.69, 9.17) is 33.2 Å². The van der Waals surface area contributed by atoms with Gasteiger partial charge in [-0.2, -0.15) is 0 Å². The molecule has 0 bridgehead atoms. The average Bonchev–Trinajstić information content (AvgIpc) is 3.14. The van der Waals surface area contributed by atoms with Gasteiger partial charge in [0.1, 0.15) is 30.5 Å². The fourth-order valence-corrected chi connectivity index (χ4v) is 5.71. The largest absolute Gasteiger partial charge is 0.468 e. The second kappa shape index (κ2) is 18.2. The molecule has 0 saturated carbocycles. The van der Waals surface area contributed by atoms with Crippen LogP contribution in [0.15, 0.2) is 121 Å². The van der Waals surface area contributed by atoms with E-state index < -0.39 is 48.4 Å². The molecule has 5 rings (SSSR count). The van der Waals surface area contributed by atoms with Crippen LogP contribution in [0.5, 0.6) is 0 Å². The molecule has 0 radical (unpaired) electrons. The number of methoxy groups -OCH3 is 2. The highest BCUT2D eigenvalue weighted by atomic mass is 16.6. The van der Waals surface area contributed by atoms with Crippen LogP contribution >= 0.6 is 0 Å². The predicted octanol–water partition coefficient (Wildman–Crippen LogP) is 5.69. The lowest BCUT2D eigenvalue weighted by Crippen LogP contribution is -2.64. The molecule has 5 atom stereocenters. The van der Waals surface area contributed by atoms with Gasteiger partial charge in [0.15, 0.2) is 5.92 Å². The Hall–Kier alpha value is -4.38. The lowest BCUT2D eigenvalue weighted by atomic mass is 9.87. The minimum absolute atomic E-state index is 0.0799. The molecule has 0 amide bonds. The van der Waals surface area contributed by atoms with Gasteiger partial charge in [0.25, 0.3) is 0 Å². The highest BCUT2D eigenvalue weighted by molar-refractivity contribution is 5.95. The first-order valence-corrected chi connectivity index (χ1v) is 16.0. The molecule has 48 heavy (non-hydrogen) atoms. The Kier molecular flexibility index (Phi) is 13.3. The van der Waals surface area contributed by atoms with Gasteiger partial charge in [0, 0.05) is 0 Å². The van der Waals surface area contributed by atoms with Crippen molar-refractivity contribution >= 4 is 11.9 Å². The van der Waals surface area contributed by atoms with Crippen molar-refractivity contribution in [2.75, 3.05) is 20.8 Å². The second-order valence-corrected chi connectivity index (χ2v) is 11.4. The summed E-state index contributed by atoms with van der Waals surface area (Å²) in [7, 11) is 2.44. The molecule has 252 valence electrons. The third-order valence-corrected chi connectivity index (χ3v) is 8.16. The van der Waals surface area contributed by atoms with E-state index >= 15 is 0 Å². The van der Waals surface area contributed by atoms with Crippen molar-refractivity contribution in [2.45, 2.75) is 56.9 Å². The van der Waals surface area contributed by atoms with Gasteiger partial charge in [-0.25, -0.2) is 0 Å². The Morgan fingerprint density at radius 1 is 0.542 bits per heavy atom. The Morgan fingerprint density at radius 2 is 0.917 bits per heavy atom. The standard InChI is InChI=1S/C39H42O9/c1-42-38(40)33(39(41)43-2)35-37(47-26-31-21-13-6-14-22-31)36(46-25-30-19-11-5-12-20-30)34(45-24-29-17-9-4-10-18-29)32(48-35)27-44-23-28-15-7-3-8-16-28/h3-22,32-37H,23-27H2,1-2H3/t32-,34+,35-,36+,37+/m1/s1. The first-order chi connectivity index (χ1) is 23.6. The summed E-state index contributed by atoms with van der Waals surface area (Å²) in [5.74, 6) is -3.08. The van der Waals surface area contributed by atoms with Crippen LogP contribution in [0.1, 0.15) is 22.3 Å². The smallest absolute Gasteiger partial charge is 0.322 e. The molecule has 1 aliphatic heterocycles. The highest BCUT2D eigenvalue weighted by Gasteiger charge is 2.54. The molecule has 0 aliphatic carbocycles. The van der Waals surface area contributed by atoms with Gasteiger partial charge in [0.2, 0.25) is 0 Å². The summed E-state index contributed by atoms with van der Waals surface area (Å²) in [5.41, 5.74) is 3.75. The van der Waals surface area contributed by atoms with E-state index in [1.807, 2.05) is 121 Å². The Labute approximate surface area is 281 Å². The van der Waals surface area contributed by atoms with E-state index in [1.54, 1.807) is 0 Å². The van der Waals surface area contributed by atoms with Crippen molar-refractivity contribution in [3.63, 3.8) is 0 Å². The van der Waals surface area contributed by atoms with Crippen LogP contribution in [0.3, 0.4) is 0 Å². The van der Waals surface area contributed by atoms with E-state index in [9.17, 15) is 9.59 Å². The normalized spacial score (nSPS) is 20.7. The number of esters is 2. The molecule has 9 nitrogen and oxygen atoms in total. The van der Waals surface area contributed by atoms with Crippen LogP contribution in [0.25, 0.3) is 0 Å². The van der Waals surface area contributed by atoms with Crippen molar-refractivity contribution in [2.24, 2.45) is 5.92 Å². The molecule has 4 aromatic carbocycles. The van der Waals surface area contributed by atoms with Crippen LogP contribution in [-0.2, 0) is 69.2 Å². The van der Waals surface area contributed by atoms with Crippen LogP contribution in [0.4, 0.5) is 0 Å². The third-order valence-electron chi connectivity index (χ3n) is 8.16. The Bertz CT molecular complexity index is 1500. The van der Waals surface area contributed by atoms with Crippen molar-refractivity contribution in [3.8, 4) is 0 Å². The summed E-state index contributed by atoms with van der Waals surface area (Å²) in [4.78, 5) is 26.5. The number of carbonyl (C=O) groups excluding carboxylic acids is 2. The first-order valence-electron chi connectivity index (χ1n) is 16.0. The Morgan fingerprint density at radius 3 is 1.33 bits per heavy atom. The summed E-state index contributed by atoms with van der Waals surface area (Å²) in [6.45, 7) is 1.02. The second-order valence-electron chi connectivity index (χ2n) is 11.4. The summed E-state index contributed by atoms with van der Waals surface area (Å²) >= 11 is 0. The van der Waals surface area contributed by atoms with Crippen molar-refractivity contribution < 1.29 is 42.7 Å². The van der Waals surface area contributed by atoms with E-state index in [-0.39, 0.29) is 26.4 Å². The molecule has 1 aliphatic rings. The zero-order valence-electron chi connectivity index (χ0n) is 27.2. The van der Waals surface area contributed by atoms with Crippen LogP contribution < -0.4 is 0 Å². The average molecular weight is 655 g/mol.